The Morgan fingerprint density at radius 2 is 1.00 bits per heavy atom. The largest absolute Gasteiger partial charge is 0.460 e. The lowest BCUT2D eigenvalue weighted by Gasteiger charge is -2.06. The molecule has 2 aromatic carbocycles. The average Bonchev–Trinajstić information content (AvgIpc) is 2.71. The van der Waals surface area contributed by atoms with Crippen LogP contribution in [-0.2, 0) is 37.1 Å². The number of esters is 2. The Morgan fingerprint density at radius 1 is 0.667 bits per heavy atom. The summed E-state index contributed by atoms with van der Waals surface area (Å²) in [6.07, 6.45) is -1.25. The third-order valence-corrected chi connectivity index (χ3v) is 3.78. The van der Waals surface area contributed by atoms with E-state index in [2.05, 4.69) is 0 Å². The molecule has 0 bridgehead atoms. The summed E-state index contributed by atoms with van der Waals surface area (Å²) in [4.78, 5) is 55.2. The van der Waals surface area contributed by atoms with Gasteiger partial charge in [0.25, 0.3) is 11.4 Å². The van der Waals surface area contributed by atoms with Gasteiger partial charge in [0.1, 0.15) is 26.1 Å². The maximum Gasteiger partial charge on any atom is 0.313 e. The molecule has 0 aliphatic heterocycles. The molecule has 0 amide bonds. The van der Waals surface area contributed by atoms with Crippen molar-refractivity contribution in [2.45, 2.75) is 26.1 Å². The van der Waals surface area contributed by atoms with E-state index in [0.29, 0.717) is 11.1 Å². The number of benzene rings is 2. The molecule has 0 saturated carbocycles. The topological polar surface area (TPSA) is 156 Å². The van der Waals surface area contributed by atoms with E-state index >= 15 is 0 Å². The number of non-ortho nitro benzene ring substituents is 2. The van der Waals surface area contributed by atoms with Crippen LogP contribution in [0, 0.1) is 20.2 Å². The van der Waals surface area contributed by atoms with Crippen LogP contribution >= 0.6 is 0 Å². The monoisotopic (exact) mass is 416 g/mol. The van der Waals surface area contributed by atoms with Crippen molar-refractivity contribution >= 4 is 29.1 Å². The van der Waals surface area contributed by atoms with Gasteiger partial charge in [0.2, 0.25) is 0 Å². The van der Waals surface area contributed by atoms with E-state index in [0.717, 1.165) is 0 Å². The summed E-state index contributed by atoms with van der Waals surface area (Å²) in [6, 6.07) is 10.7. The third-order valence-electron chi connectivity index (χ3n) is 3.78. The molecular formula is C19H16N2O9. The van der Waals surface area contributed by atoms with Gasteiger partial charge in [0, 0.05) is 24.3 Å². The Bertz CT molecular complexity index is 875. The molecule has 11 nitrogen and oxygen atoms in total. The molecule has 0 fully saturated rings. The van der Waals surface area contributed by atoms with Gasteiger partial charge in [-0.25, -0.2) is 0 Å². The van der Waals surface area contributed by atoms with Crippen LogP contribution in [0.3, 0.4) is 0 Å². The molecule has 0 atom stereocenters. The van der Waals surface area contributed by atoms with Crippen LogP contribution in [-0.4, -0.2) is 27.6 Å². The minimum Gasteiger partial charge on any atom is -0.460 e. The molecule has 2 rings (SSSR count). The molecule has 0 aliphatic rings. The molecule has 156 valence electrons. The molecule has 0 spiro atoms. The number of nitrogens with zero attached hydrogens (tertiary/aromatic N) is 2. The fourth-order valence-electron chi connectivity index (χ4n) is 2.24. The number of ketones is 1. The van der Waals surface area contributed by atoms with Crippen molar-refractivity contribution in [1.82, 2.24) is 0 Å². The lowest BCUT2D eigenvalue weighted by atomic mass is 10.2. The molecule has 0 radical (unpaired) electrons. The van der Waals surface area contributed by atoms with Gasteiger partial charge in [-0.05, 0) is 35.4 Å². The first-order chi connectivity index (χ1) is 14.2. The highest BCUT2D eigenvalue weighted by molar-refractivity contribution is 6.03. The Labute approximate surface area is 169 Å². The SMILES string of the molecule is O=C(CC(=O)OCc1ccc([N+](=O)[O-])cc1)CC(=O)OCc1ccc([N+](=O)[O-])cc1. The number of rotatable bonds is 10. The summed E-state index contributed by atoms with van der Waals surface area (Å²) >= 11 is 0. The van der Waals surface area contributed by atoms with E-state index in [1.54, 1.807) is 0 Å². The van der Waals surface area contributed by atoms with Gasteiger partial charge in [-0.2, -0.15) is 0 Å². The zero-order valence-electron chi connectivity index (χ0n) is 15.5. The minimum atomic E-state index is -0.846. The van der Waals surface area contributed by atoms with Crippen molar-refractivity contribution in [3.05, 3.63) is 79.9 Å². The summed E-state index contributed by atoms with van der Waals surface area (Å²) in [5.41, 5.74) is 0.799. The first-order valence-electron chi connectivity index (χ1n) is 8.54. The Hall–Kier alpha value is -4.15. The fraction of sp³-hybridized carbons (Fsp3) is 0.211. The molecular weight excluding hydrogens is 400 g/mol. The second-order valence-electron chi connectivity index (χ2n) is 6.06. The molecule has 0 saturated heterocycles. The van der Waals surface area contributed by atoms with Gasteiger partial charge < -0.3 is 9.47 Å². The normalized spacial score (nSPS) is 10.1. The first-order valence-corrected chi connectivity index (χ1v) is 8.54. The van der Waals surface area contributed by atoms with Gasteiger partial charge in [-0.15, -0.1) is 0 Å². The summed E-state index contributed by atoms with van der Waals surface area (Å²) in [5, 5.41) is 21.1. The van der Waals surface area contributed by atoms with E-state index in [1.165, 1.54) is 48.5 Å². The quantitative estimate of drug-likeness (QED) is 0.246. The maximum absolute atomic E-state index is 11.8. The number of hydrogen-bond acceptors (Lipinski definition) is 9. The van der Waals surface area contributed by atoms with Crippen molar-refractivity contribution < 1.29 is 33.7 Å². The number of nitro groups is 2. The molecule has 0 unspecified atom stereocenters. The number of carbonyl (C=O) groups excluding carboxylic acids is 3. The minimum absolute atomic E-state index is 0.104. The number of hydrogen-bond donors (Lipinski definition) is 0. The summed E-state index contributed by atoms with van der Waals surface area (Å²) in [6.45, 7) is -0.344. The van der Waals surface area contributed by atoms with Crippen molar-refractivity contribution in [3.63, 3.8) is 0 Å². The van der Waals surface area contributed by atoms with Crippen molar-refractivity contribution in [3.8, 4) is 0 Å². The Kier molecular flexibility index (Phi) is 7.68. The van der Waals surface area contributed by atoms with Crippen molar-refractivity contribution in [2.24, 2.45) is 0 Å². The second-order valence-corrected chi connectivity index (χ2v) is 6.06. The Morgan fingerprint density at radius 3 is 1.30 bits per heavy atom. The van der Waals surface area contributed by atoms with Crippen LogP contribution in [0.5, 0.6) is 0 Å². The first kappa shape index (κ1) is 22.1. The van der Waals surface area contributed by atoms with Crippen LogP contribution in [0.25, 0.3) is 0 Å². The molecule has 30 heavy (non-hydrogen) atoms. The summed E-state index contributed by atoms with van der Waals surface area (Å²) < 4.78 is 9.81. The van der Waals surface area contributed by atoms with Gasteiger partial charge >= 0.3 is 11.9 Å². The van der Waals surface area contributed by atoms with E-state index in [1.807, 2.05) is 0 Å². The van der Waals surface area contributed by atoms with E-state index in [4.69, 9.17) is 9.47 Å². The summed E-state index contributed by atoms with van der Waals surface area (Å²) in [7, 11) is 0. The molecule has 0 aromatic heterocycles. The Balaban J connectivity index is 1.70. The standard InChI is InChI=1S/C19H16N2O9/c22-17(9-18(23)29-11-13-1-5-15(6-2-13)20(25)26)10-19(24)30-12-14-3-7-16(8-4-14)21(27)28/h1-8H,9-12H2. The lowest BCUT2D eigenvalue weighted by molar-refractivity contribution is -0.385. The zero-order valence-corrected chi connectivity index (χ0v) is 15.5. The van der Waals surface area contributed by atoms with Crippen LogP contribution in [0.4, 0.5) is 11.4 Å². The zero-order chi connectivity index (χ0) is 22.1. The molecule has 0 N–H and O–H groups in total. The van der Waals surface area contributed by atoms with Gasteiger partial charge in [0.15, 0.2) is 5.78 Å². The van der Waals surface area contributed by atoms with Crippen LogP contribution in [0.2, 0.25) is 0 Å². The van der Waals surface area contributed by atoms with Crippen LogP contribution in [0.15, 0.2) is 48.5 Å². The number of Topliss-reactive ketones (excluding diaryl/α,β-unsaturated/α-hetero) is 1. The highest BCUT2D eigenvalue weighted by atomic mass is 16.6. The number of ether oxygens (including phenoxy) is 2. The fourth-order valence-corrected chi connectivity index (χ4v) is 2.24. The average molecular weight is 416 g/mol. The van der Waals surface area contributed by atoms with Crippen molar-refractivity contribution in [1.29, 1.82) is 0 Å². The van der Waals surface area contributed by atoms with Crippen LogP contribution in [0.1, 0.15) is 24.0 Å². The highest BCUT2D eigenvalue weighted by Gasteiger charge is 2.16. The van der Waals surface area contributed by atoms with E-state index in [9.17, 15) is 34.6 Å². The van der Waals surface area contributed by atoms with Crippen LogP contribution < -0.4 is 0 Å². The molecule has 2 aromatic rings. The smallest absolute Gasteiger partial charge is 0.313 e. The predicted octanol–water partition coefficient (Wildman–Crippen LogP) is 2.64. The lowest BCUT2D eigenvalue weighted by Crippen LogP contribution is -2.16. The molecule has 0 aliphatic carbocycles. The van der Waals surface area contributed by atoms with Gasteiger partial charge in [-0.1, -0.05) is 0 Å². The van der Waals surface area contributed by atoms with Gasteiger partial charge in [0.05, 0.1) is 9.85 Å². The van der Waals surface area contributed by atoms with Gasteiger partial charge in [-0.3, -0.25) is 34.6 Å². The molecule has 11 heteroatoms. The highest BCUT2D eigenvalue weighted by Crippen LogP contribution is 2.14. The predicted molar refractivity (Wildman–Crippen MR) is 100 cm³/mol. The van der Waals surface area contributed by atoms with Crippen molar-refractivity contribution in [2.75, 3.05) is 0 Å². The van der Waals surface area contributed by atoms with E-state index in [-0.39, 0.29) is 24.6 Å². The third kappa shape index (κ3) is 7.11. The second kappa shape index (κ2) is 10.4. The van der Waals surface area contributed by atoms with E-state index < -0.39 is 40.4 Å². The number of carbonyl (C=O) groups is 3. The number of nitro benzene ring substituents is 2. The molecule has 0 heterocycles. The summed E-state index contributed by atoms with van der Waals surface area (Å²) in [5.74, 6) is -2.39. The maximum atomic E-state index is 11.8.